The van der Waals surface area contributed by atoms with Gasteiger partial charge in [-0.15, -0.1) is 0 Å². The number of rotatable bonds is 2. The van der Waals surface area contributed by atoms with Crippen LogP contribution in [-0.4, -0.2) is 31.2 Å². The molecule has 2 aromatic rings. The van der Waals surface area contributed by atoms with Crippen LogP contribution in [0.15, 0.2) is 24.9 Å². The fourth-order valence-electron chi connectivity index (χ4n) is 0.875. The molecule has 0 saturated heterocycles. The summed E-state index contributed by atoms with van der Waals surface area (Å²) in [7, 11) is 0. The first kappa shape index (κ1) is 7.53. The lowest BCUT2D eigenvalue weighted by molar-refractivity contribution is 0.103. The summed E-state index contributed by atoms with van der Waals surface area (Å²) in [6.45, 7) is 0. The molecule has 0 bridgehead atoms. The Bertz CT molecular complexity index is 396. The summed E-state index contributed by atoms with van der Waals surface area (Å²) in [5, 5.41) is 9.54. The lowest BCUT2D eigenvalue weighted by Crippen LogP contribution is -2.02. The summed E-state index contributed by atoms with van der Waals surface area (Å²) in [4.78, 5) is 19.0. The molecule has 0 aliphatic rings. The average Bonchev–Trinajstić information content (AvgIpc) is 2.71. The molecule has 2 aromatic heterocycles. The number of ketones is 1. The van der Waals surface area contributed by atoms with E-state index in [2.05, 4.69) is 25.4 Å². The van der Waals surface area contributed by atoms with Crippen molar-refractivity contribution in [3.05, 3.63) is 36.2 Å². The van der Waals surface area contributed by atoms with Crippen LogP contribution < -0.4 is 0 Å². The van der Waals surface area contributed by atoms with Gasteiger partial charge in [-0.3, -0.25) is 4.79 Å². The van der Waals surface area contributed by atoms with Crippen molar-refractivity contribution in [1.29, 1.82) is 0 Å². The van der Waals surface area contributed by atoms with Gasteiger partial charge in [-0.25, -0.2) is 9.97 Å². The summed E-state index contributed by atoms with van der Waals surface area (Å²) in [6, 6.07) is 0. The van der Waals surface area contributed by atoms with Gasteiger partial charge in [-0.1, -0.05) is 0 Å². The molecule has 13 heavy (non-hydrogen) atoms. The molecule has 2 rings (SSSR count). The highest BCUT2D eigenvalue weighted by atomic mass is 16.1. The van der Waals surface area contributed by atoms with E-state index in [0.29, 0.717) is 5.56 Å². The van der Waals surface area contributed by atoms with Crippen LogP contribution in [0.25, 0.3) is 0 Å². The number of H-pyrrole nitrogens is 1. The van der Waals surface area contributed by atoms with E-state index < -0.39 is 0 Å². The van der Waals surface area contributed by atoms with Gasteiger partial charge in [-0.2, -0.15) is 15.4 Å². The molecule has 6 nitrogen and oxygen atoms in total. The van der Waals surface area contributed by atoms with E-state index in [0.717, 1.165) is 0 Å². The lowest BCUT2D eigenvalue weighted by atomic mass is 10.2. The van der Waals surface area contributed by atoms with Crippen LogP contribution in [0.4, 0.5) is 0 Å². The normalized spacial score (nSPS) is 9.85. The number of carbonyl (C=O) groups excluding carboxylic acids is 1. The number of carbonyl (C=O) groups is 1. The highest BCUT2D eigenvalue weighted by Gasteiger charge is 2.11. The third kappa shape index (κ3) is 1.41. The van der Waals surface area contributed by atoms with Crippen molar-refractivity contribution in [2.45, 2.75) is 0 Å². The van der Waals surface area contributed by atoms with Gasteiger partial charge in [0, 0.05) is 12.4 Å². The maximum absolute atomic E-state index is 11.5. The fourth-order valence-corrected chi connectivity index (χ4v) is 0.875. The predicted molar refractivity (Wildman–Crippen MR) is 41.8 cm³/mol. The Morgan fingerprint density at radius 2 is 2.00 bits per heavy atom. The summed E-state index contributed by atoms with van der Waals surface area (Å²) in [6.07, 6.45) is 5.59. The summed E-state index contributed by atoms with van der Waals surface area (Å²) in [5.41, 5.74) is 0.659. The minimum atomic E-state index is -0.241. The number of aromatic nitrogens is 5. The zero-order valence-corrected chi connectivity index (χ0v) is 6.51. The third-order valence-electron chi connectivity index (χ3n) is 1.47. The van der Waals surface area contributed by atoms with Crippen molar-refractivity contribution in [1.82, 2.24) is 25.4 Å². The molecule has 0 fully saturated rings. The van der Waals surface area contributed by atoms with Gasteiger partial charge in [0.1, 0.15) is 6.33 Å². The van der Waals surface area contributed by atoms with Gasteiger partial charge in [0.25, 0.3) is 0 Å². The van der Waals surface area contributed by atoms with E-state index in [-0.39, 0.29) is 11.5 Å². The van der Waals surface area contributed by atoms with Crippen molar-refractivity contribution in [2.24, 2.45) is 0 Å². The smallest absolute Gasteiger partial charge is 0.217 e. The van der Waals surface area contributed by atoms with Crippen LogP contribution in [0, 0.1) is 0 Å². The van der Waals surface area contributed by atoms with Crippen LogP contribution in [0.5, 0.6) is 0 Å². The van der Waals surface area contributed by atoms with Gasteiger partial charge in [0.2, 0.25) is 5.78 Å². The minimum absolute atomic E-state index is 0.241. The van der Waals surface area contributed by atoms with Crippen LogP contribution in [0.1, 0.15) is 16.1 Å². The van der Waals surface area contributed by atoms with Crippen molar-refractivity contribution in [2.75, 3.05) is 0 Å². The molecule has 1 N–H and O–H groups in total. The Kier molecular flexibility index (Phi) is 1.79. The number of aromatic amines is 1. The van der Waals surface area contributed by atoms with Crippen molar-refractivity contribution < 1.29 is 4.79 Å². The number of hydrogen-bond acceptors (Lipinski definition) is 5. The summed E-state index contributed by atoms with van der Waals surface area (Å²) in [5.74, 6) is -0.241. The maximum Gasteiger partial charge on any atom is 0.217 e. The first-order valence-electron chi connectivity index (χ1n) is 3.53. The van der Waals surface area contributed by atoms with E-state index in [1.165, 1.54) is 24.9 Å². The Morgan fingerprint density at radius 1 is 1.23 bits per heavy atom. The second kappa shape index (κ2) is 3.10. The predicted octanol–water partition coefficient (Wildman–Crippen LogP) is -0.174. The molecule has 0 saturated carbocycles. The molecule has 0 atom stereocenters. The van der Waals surface area contributed by atoms with Crippen molar-refractivity contribution in [3.63, 3.8) is 0 Å². The van der Waals surface area contributed by atoms with E-state index in [1.807, 2.05) is 0 Å². The quantitative estimate of drug-likeness (QED) is 0.640. The van der Waals surface area contributed by atoms with Crippen LogP contribution in [0.3, 0.4) is 0 Å². The number of nitrogens with one attached hydrogen (secondary N) is 1. The van der Waals surface area contributed by atoms with Crippen LogP contribution in [-0.2, 0) is 0 Å². The van der Waals surface area contributed by atoms with Crippen LogP contribution >= 0.6 is 0 Å². The van der Waals surface area contributed by atoms with Gasteiger partial charge in [0.15, 0.2) is 5.69 Å². The molecule has 0 aliphatic carbocycles. The lowest BCUT2D eigenvalue weighted by Gasteiger charge is -1.92. The van der Waals surface area contributed by atoms with E-state index in [4.69, 9.17) is 0 Å². The first-order valence-corrected chi connectivity index (χ1v) is 3.53. The molecule has 0 aromatic carbocycles. The van der Waals surface area contributed by atoms with Gasteiger partial charge in [0.05, 0.1) is 11.8 Å². The average molecular weight is 175 g/mol. The standard InChI is InChI=1S/C7H5N5O/c13-7(6-3-10-12-11-6)5-1-8-4-9-2-5/h1-4H,(H,10,11,12). The SMILES string of the molecule is O=C(c1cncnc1)c1cn[nH]n1. The minimum Gasteiger partial charge on any atom is -0.287 e. The highest BCUT2D eigenvalue weighted by Crippen LogP contribution is 2.01. The van der Waals surface area contributed by atoms with Crippen LogP contribution in [0.2, 0.25) is 0 Å². The largest absolute Gasteiger partial charge is 0.287 e. The van der Waals surface area contributed by atoms with Crippen molar-refractivity contribution >= 4 is 5.78 Å². The molecular weight excluding hydrogens is 170 g/mol. The topological polar surface area (TPSA) is 84.4 Å². The molecule has 0 unspecified atom stereocenters. The van der Waals surface area contributed by atoms with Gasteiger partial charge < -0.3 is 0 Å². The molecule has 0 spiro atoms. The monoisotopic (exact) mass is 175 g/mol. The van der Waals surface area contributed by atoms with E-state index in [9.17, 15) is 4.79 Å². The molecule has 0 radical (unpaired) electrons. The Balaban J connectivity index is 2.34. The molecule has 0 amide bonds. The second-order valence-electron chi connectivity index (χ2n) is 2.31. The number of hydrogen-bond donors (Lipinski definition) is 1. The Morgan fingerprint density at radius 3 is 2.62 bits per heavy atom. The van der Waals surface area contributed by atoms with E-state index in [1.54, 1.807) is 0 Å². The summed E-state index contributed by atoms with van der Waals surface area (Å²) < 4.78 is 0. The highest BCUT2D eigenvalue weighted by molar-refractivity contribution is 6.06. The fraction of sp³-hybridized carbons (Fsp3) is 0. The molecule has 64 valence electrons. The summed E-state index contributed by atoms with van der Waals surface area (Å²) >= 11 is 0. The number of nitrogens with zero attached hydrogens (tertiary/aromatic N) is 4. The Labute approximate surface area is 73.0 Å². The van der Waals surface area contributed by atoms with Gasteiger partial charge >= 0.3 is 0 Å². The first-order chi connectivity index (χ1) is 6.38. The molecular formula is C7H5N5O. The van der Waals surface area contributed by atoms with Crippen molar-refractivity contribution in [3.8, 4) is 0 Å². The van der Waals surface area contributed by atoms with E-state index >= 15 is 0 Å². The van der Waals surface area contributed by atoms with Gasteiger partial charge in [-0.05, 0) is 0 Å². The zero-order chi connectivity index (χ0) is 9.10. The second-order valence-corrected chi connectivity index (χ2v) is 2.31. The third-order valence-corrected chi connectivity index (χ3v) is 1.47. The molecule has 0 aliphatic heterocycles. The molecule has 6 heteroatoms. The Hall–Kier alpha value is -2.11. The maximum atomic E-state index is 11.5. The molecule has 2 heterocycles. The zero-order valence-electron chi connectivity index (χ0n) is 6.51.